The molecule has 1 aromatic heterocycles. The zero-order valence-corrected chi connectivity index (χ0v) is 17.2. The molecule has 150 valence electrons. The Morgan fingerprint density at radius 1 is 1.03 bits per heavy atom. The summed E-state index contributed by atoms with van der Waals surface area (Å²) in [7, 11) is 0. The van der Waals surface area contributed by atoms with Crippen LogP contribution in [0.4, 0.5) is 5.95 Å². The van der Waals surface area contributed by atoms with Gasteiger partial charge in [-0.2, -0.15) is 0 Å². The van der Waals surface area contributed by atoms with Gasteiger partial charge in [-0.3, -0.25) is 9.36 Å². The number of ether oxygens (including phenoxy) is 1. The van der Waals surface area contributed by atoms with Gasteiger partial charge in [0.15, 0.2) is 10.9 Å². The molecule has 1 fully saturated rings. The standard InChI is InChI=1S/C22H24N4O2S/c1-17(20(27)19-10-6-3-7-11-19)29-22-24-23-21(25-12-14-28-15-13-25)26(22)16-18-8-4-2-5-9-18/h2-11,17H,12-16H2,1H3. The van der Waals surface area contributed by atoms with Crippen LogP contribution < -0.4 is 4.90 Å². The number of carbonyl (C=O) groups is 1. The molecular weight excluding hydrogens is 384 g/mol. The molecule has 0 spiro atoms. The molecule has 2 heterocycles. The zero-order valence-electron chi connectivity index (χ0n) is 16.4. The van der Waals surface area contributed by atoms with E-state index in [2.05, 4.69) is 31.8 Å². The Morgan fingerprint density at radius 2 is 1.69 bits per heavy atom. The molecule has 1 saturated heterocycles. The molecule has 0 aliphatic carbocycles. The summed E-state index contributed by atoms with van der Waals surface area (Å²) in [5.41, 5.74) is 1.89. The highest BCUT2D eigenvalue weighted by atomic mass is 32.2. The van der Waals surface area contributed by atoms with Gasteiger partial charge in [0.05, 0.1) is 25.0 Å². The predicted octanol–water partition coefficient (Wildman–Crippen LogP) is 3.53. The fourth-order valence-electron chi connectivity index (χ4n) is 3.32. The van der Waals surface area contributed by atoms with Crippen LogP contribution in [0.25, 0.3) is 0 Å². The summed E-state index contributed by atoms with van der Waals surface area (Å²) in [6.45, 7) is 5.53. The number of aromatic nitrogens is 3. The van der Waals surface area contributed by atoms with E-state index >= 15 is 0 Å². The average molecular weight is 409 g/mol. The van der Waals surface area contributed by atoms with Crippen LogP contribution >= 0.6 is 11.8 Å². The number of Topliss-reactive ketones (excluding diaryl/α,β-unsaturated/α-hetero) is 1. The third-order valence-corrected chi connectivity index (χ3v) is 5.96. The number of hydrogen-bond donors (Lipinski definition) is 0. The minimum Gasteiger partial charge on any atom is -0.378 e. The van der Waals surface area contributed by atoms with Crippen molar-refractivity contribution in [3.63, 3.8) is 0 Å². The molecule has 6 nitrogen and oxygen atoms in total. The lowest BCUT2D eigenvalue weighted by Gasteiger charge is -2.28. The molecule has 29 heavy (non-hydrogen) atoms. The van der Waals surface area contributed by atoms with Crippen LogP contribution in [0.1, 0.15) is 22.8 Å². The van der Waals surface area contributed by atoms with E-state index in [1.54, 1.807) is 0 Å². The van der Waals surface area contributed by atoms with E-state index < -0.39 is 0 Å². The van der Waals surface area contributed by atoms with Gasteiger partial charge in [-0.15, -0.1) is 10.2 Å². The number of benzene rings is 2. The van der Waals surface area contributed by atoms with Crippen molar-refractivity contribution in [2.75, 3.05) is 31.2 Å². The predicted molar refractivity (Wildman–Crippen MR) is 115 cm³/mol. The van der Waals surface area contributed by atoms with E-state index in [9.17, 15) is 4.79 Å². The van der Waals surface area contributed by atoms with E-state index in [0.29, 0.717) is 19.8 Å². The Kier molecular flexibility index (Phi) is 6.27. The van der Waals surface area contributed by atoms with Gasteiger partial charge in [-0.1, -0.05) is 72.4 Å². The lowest BCUT2D eigenvalue weighted by molar-refractivity contribution is 0.0994. The lowest BCUT2D eigenvalue weighted by atomic mass is 10.1. The number of rotatable bonds is 7. The van der Waals surface area contributed by atoms with Crippen molar-refractivity contribution in [2.24, 2.45) is 0 Å². The van der Waals surface area contributed by atoms with Gasteiger partial charge in [-0.25, -0.2) is 0 Å². The fourth-order valence-corrected chi connectivity index (χ4v) is 4.24. The summed E-state index contributed by atoms with van der Waals surface area (Å²) in [6.07, 6.45) is 0. The van der Waals surface area contributed by atoms with Gasteiger partial charge in [-0.05, 0) is 12.5 Å². The first-order chi connectivity index (χ1) is 14.2. The molecule has 0 saturated carbocycles. The van der Waals surface area contributed by atoms with Crippen LogP contribution in [-0.4, -0.2) is 52.1 Å². The molecule has 1 aliphatic rings. The van der Waals surface area contributed by atoms with Crippen LogP contribution in [-0.2, 0) is 11.3 Å². The summed E-state index contributed by atoms with van der Waals surface area (Å²) in [4.78, 5) is 15.0. The molecule has 4 rings (SSSR count). The van der Waals surface area contributed by atoms with Crippen molar-refractivity contribution in [1.82, 2.24) is 14.8 Å². The Morgan fingerprint density at radius 3 is 2.38 bits per heavy atom. The van der Waals surface area contributed by atoms with Gasteiger partial charge >= 0.3 is 0 Å². The summed E-state index contributed by atoms with van der Waals surface area (Å²) in [5.74, 6) is 0.928. The van der Waals surface area contributed by atoms with E-state index in [0.717, 1.165) is 29.8 Å². The van der Waals surface area contributed by atoms with Gasteiger partial charge in [0.25, 0.3) is 0 Å². The van der Waals surface area contributed by atoms with E-state index in [1.165, 1.54) is 17.3 Å². The number of thioether (sulfide) groups is 1. The number of ketones is 1. The maximum Gasteiger partial charge on any atom is 0.228 e. The monoisotopic (exact) mass is 408 g/mol. The SMILES string of the molecule is CC(Sc1nnc(N2CCOCC2)n1Cc1ccccc1)C(=O)c1ccccc1. The van der Waals surface area contributed by atoms with Gasteiger partial charge in [0.1, 0.15) is 0 Å². The normalized spacial score (nSPS) is 15.3. The van der Waals surface area contributed by atoms with E-state index in [4.69, 9.17) is 4.74 Å². The molecular formula is C22H24N4O2S. The molecule has 7 heteroatoms. The van der Waals surface area contributed by atoms with Gasteiger partial charge < -0.3 is 9.64 Å². The van der Waals surface area contributed by atoms with Crippen LogP contribution in [0.2, 0.25) is 0 Å². The molecule has 1 atom stereocenters. The van der Waals surface area contributed by atoms with Crippen LogP contribution in [0.15, 0.2) is 65.8 Å². The Labute approximate surface area is 174 Å². The van der Waals surface area contributed by atoms with Crippen molar-refractivity contribution in [3.05, 3.63) is 71.8 Å². The first kappa shape index (κ1) is 19.7. The molecule has 2 aromatic carbocycles. The Hall–Kier alpha value is -2.64. The highest BCUT2D eigenvalue weighted by Crippen LogP contribution is 2.28. The van der Waals surface area contributed by atoms with Crippen LogP contribution in [0.3, 0.4) is 0 Å². The van der Waals surface area contributed by atoms with Gasteiger partial charge in [0.2, 0.25) is 5.95 Å². The molecule has 0 bridgehead atoms. The molecule has 0 N–H and O–H groups in total. The van der Waals surface area contributed by atoms with Crippen molar-refractivity contribution in [1.29, 1.82) is 0 Å². The third-order valence-electron chi connectivity index (χ3n) is 4.88. The second-order valence-corrected chi connectivity index (χ2v) is 8.25. The van der Waals surface area contributed by atoms with Crippen molar-refractivity contribution < 1.29 is 9.53 Å². The first-order valence-electron chi connectivity index (χ1n) is 9.78. The average Bonchev–Trinajstić information content (AvgIpc) is 3.17. The Balaban J connectivity index is 1.60. The summed E-state index contributed by atoms with van der Waals surface area (Å²) in [5, 5.41) is 9.42. The molecule has 1 unspecified atom stereocenters. The highest BCUT2D eigenvalue weighted by Gasteiger charge is 2.24. The van der Waals surface area contributed by atoms with Crippen molar-refractivity contribution in [2.45, 2.75) is 23.9 Å². The number of morpholine rings is 1. The number of carbonyl (C=O) groups excluding carboxylic acids is 1. The second kappa shape index (κ2) is 9.24. The summed E-state index contributed by atoms with van der Waals surface area (Å²) < 4.78 is 7.59. The number of nitrogens with zero attached hydrogens (tertiary/aromatic N) is 4. The largest absolute Gasteiger partial charge is 0.378 e. The van der Waals surface area contributed by atoms with Crippen LogP contribution in [0, 0.1) is 0 Å². The number of anilines is 1. The topological polar surface area (TPSA) is 60.2 Å². The molecule has 1 aliphatic heterocycles. The van der Waals surface area contributed by atoms with E-state index in [-0.39, 0.29) is 11.0 Å². The molecule has 0 amide bonds. The molecule has 3 aromatic rings. The maximum atomic E-state index is 12.8. The fraction of sp³-hybridized carbons (Fsp3) is 0.318. The summed E-state index contributed by atoms with van der Waals surface area (Å²) in [6, 6.07) is 19.7. The first-order valence-corrected chi connectivity index (χ1v) is 10.7. The summed E-state index contributed by atoms with van der Waals surface area (Å²) >= 11 is 1.46. The van der Waals surface area contributed by atoms with E-state index in [1.807, 2.05) is 55.5 Å². The minimum absolute atomic E-state index is 0.0952. The molecule has 0 radical (unpaired) electrons. The maximum absolute atomic E-state index is 12.8. The Bertz CT molecular complexity index is 940. The van der Waals surface area contributed by atoms with Gasteiger partial charge in [0, 0.05) is 18.7 Å². The minimum atomic E-state index is -0.256. The highest BCUT2D eigenvalue weighted by molar-refractivity contribution is 8.00. The smallest absolute Gasteiger partial charge is 0.228 e. The van der Waals surface area contributed by atoms with Crippen molar-refractivity contribution in [3.8, 4) is 0 Å². The van der Waals surface area contributed by atoms with Crippen molar-refractivity contribution >= 4 is 23.5 Å². The second-order valence-electron chi connectivity index (χ2n) is 6.94. The quantitative estimate of drug-likeness (QED) is 0.440. The van der Waals surface area contributed by atoms with Crippen LogP contribution in [0.5, 0.6) is 0 Å². The third kappa shape index (κ3) is 4.68. The zero-order chi connectivity index (χ0) is 20.1. The lowest BCUT2D eigenvalue weighted by Crippen LogP contribution is -2.38. The number of hydrogen-bond acceptors (Lipinski definition) is 6.